The summed E-state index contributed by atoms with van der Waals surface area (Å²) >= 11 is 0. The van der Waals surface area contributed by atoms with Crippen molar-refractivity contribution in [1.29, 1.82) is 0 Å². The molecule has 6 nitrogen and oxygen atoms in total. The standard InChI is InChI=1S/C14H18N2O4/c1-10(17)15-11-3-4-13(19-2)12(9-11)14(18)16-5-7-20-8-6-16/h3-4,9H,5-8H2,1-2H3,(H,15,17). The maximum Gasteiger partial charge on any atom is 0.257 e. The number of nitrogens with one attached hydrogen (secondary N) is 1. The highest BCUT2D eigenvalue weighted by Crippen LogP contribution is 2.24. The highest BCUT2D eigenvalue weighted by Gasteiger charge is 2.22. The lowest BCUT2D eigenvalue weighted by molar-refractivity contribution is -0.114. The van der Waals surface area contributed by atoms with Crippen molar-refractivity contribution in [3.63, 3.8) is 0 Å². The van der Waals surface area contributed by atoms with Gasteiger partial charge in [-0.05, 0) is 18.2 Å². The Labute approximate surface area is 117 Å². The molecule has 6 heteroatoms. The summed E-state index contributed by atoms with van der Waals surface area (Å²) in [6, 6.07) is 5.02. The molecule has 0 bridgehead atoms. The van der Waals surface area contributed by atoms with Crippen LogP contribution in [0.2, 0.25) is 0 Å². The largest absolute Gasteiger partial charge is 0.496 e. The van der Waals surface area contributed by atoms with Crippen molar-refractivity contribution >= 4 is 17.5 Å². The van der Waals surface area contributed by atoms with Gasteiger partial charge in [-0.3, -0.25) is 9.59 Å². The molecule has 0 aliphatic carbocycles. The Morgan fingerprint density at radius 3 is 2.60 bits per heavy atom. The number of carbonyl (C=O) groups is 2. The van der Waals surface area contributed by atoms with Crippen LogP contribution >= 0.6 is 0 Å². The molecule has 1 heterocycles. The van der Waals surface area contributed by atoms with Crippen LogP contribution in [0.4, 0.5) is 5.69 Å². The number of benzene rings is 1. The van der Waals surface area contributed by atoms with Crippen LogP contribution in [0.5, 0.6) is 5.75 Å². The molecule has 0 atom stereocenters. The van der Waals surface area contributed by atoms with Gasteiger partial charge in [-0.1, -0.05) is 0 Å². The zero-order chi connectivity index (χ0) is 14.5. The zero-order valence-electron chi connectivity index (χ0n) is 11.6. The third kappa shape index (κ3) is 3.27. The molecule has 1 fully saturated rings. The molecule has 1 aromatic rings. The molecule has 1 aliphatic rings. The molecular formula is C14H18N2O4. The summed E-state index contributed by atoms with van der Waals surface area (Å²) in [6.45, 7) is 3.63. The number of morpholine rings is 1. The van der Waals surface area contributed by atoms with Gasteiger partial charge in [0.15, 0.2) is 0 Å². The molecule has 108 valence electrons. The van der Waals surface area contributed by atoms with Crippen LogP contribution in [0.1, 0.15) is 17.3 Å². The van der Waals surface area contributed by atoms with E-state index < -0.39 is 0 Å². The lowest BCUT2D eigenvalue weighted by Crippen LogP contribution is -2.40. The Morgan fingerprint density at radius 1 is 1.30 bits per heavy atom. The average Bonchev–Trinajstić information content (AvgIpc) is 2.46. The molecule has 1 aromatic carbocycles. The lowest BCUT2D eigenvalue weighted by Gasteiger charge is -2.27. The first-order chi connectivity index (χ1) is 9.61. The van der Waals surface area contributed by atoms with Crippen LogP contribution < -0.4 is 10.1 Å². The SMILES string of the molecule is COc1ccc(NC(C)=O)cc1C(=O)N1CCOCC1. The summed E-state index contributed by atoms with van der Waals surface area (Å²) in [5.74, 6) is 0.202. The molecule has 1 saturated heterocycles. The van der Waals surface area contributed by atoms with Gasteiger partial charge in [-0.15, -0.1) is 0 Å². The predicted molar refractivity (Wildman–Crippen MR) is 74.0 cm³/mol. The molecule has 0 unspecified atom stereocenters. The van der Waals surface area contributed by atoms with E-state index in [1.165, 1.54) is 14.0 Å². The number of ether oxygens (including phenoxy) is 2. The first-order valence-electron chi connectivity index (χ1n) is 6.44. The molecule has 0 aromatic heterocycles. The minimum Gasteiger partial charge on any atom is -0.496 e. The van der Waals surface area contributed by atoms with Crippen molar-refractivity contribution < 1.29 is 19.1 Å². The molecular weight excluding hydrogens is 260 g/mol. The quantitative estimate of drug-likeness (QED) is 0.900. The highest BCUT2D eigenvalue weighted by atomic mass is 16.5. The summed E-state index contributed by atoms with van der Waals surface area (Å²) in [5, 5.41) is 2.66. The van der Waals surface area contributed by atoms with Gasteiger partial charge >= 0.3 is 0 Å². The van der Waals surface area contributed by atoms with Crippen molar-refractivity contribution in [2.75, 3.05) is 38.7 Å². The van der Waals surface area contributed by atoms with Crippen molar-refractivity contribution in [2.45, 2.75) is 6.92 Å². The summed E-state index contributed by atoms with van der Waals surface area (Å²) < 4.78 is 10.5. The Kier molecular flexibility index (Phi) is 4.57. The summed E-state index contributed by atoms with van der Waals surface area (Å²) in [4.78, 5) is 25.3. The van der Waals surface area contributed by atoms with E-state index in [0.29, 0.717) is 43.3 Å². The maximum atomic E-state index is 12.5. The fourth-order valence-electron chi connectivity index (χ4n) is 2.09. The number of hydrogen-bond acceptors (Lipinski definition) is 4. The normalized spacial score (nSPS) is 14.8. The molecule has 0 spiro atoms. The molecule has 20 heavy (non-hydrogen) atoms. The van der Waals surface area contributed by atoms with E-state index in [-0.39, 0.29) is 11.8 Å². The maximum absolute atomic E-state index is 12.5. The van der Waals surface area contributed by atoms with Gasteiger partial charge < -0.3 is 19.7 Å². The number of hydrogen-bond donors (Lipinski definition) is 1. The summed E-state index contributed by atoms with van der Waals surface area (Å²) in [7, 11) is 1.52. The summed E-state index contributed by atoms with van der Waals surface area (Å²) in [5.41, 5.74) is 1.02. The van der Waals surface area contributed by atoms with Crippen LogP contribution in [0.15, 0.2) is 18.2 Å². The van der Waals surface area contributed by atoms with E-state index in [0.717, 1.165) is 0 Å². The summed E-state index contributed by atoms with van der Waals surface area (Å²) in [6.07, 6.45) is 0. The molecule has 2 amide bonds. The van der Waals surface area contributed by atoms with Gasteiger partial charge in [0, 0.05) is 25.7 Å². The van der Waals surface area contributed by atoms with Crippen molar-refractivity contribution in [3.8, 4) is 5.75 Å². The van der Waals surface area contributed by atoms with E-state index in [2.05, 4.69) is 5.32 Å². The van der Waals surface area contributed by atoms with Crippen LogP contribution in [0, 0.1) is 0 Å². The molecule has 1 N–H and O–H groups in total. The Balaban J connectivity index is 2.26. The van der Waals surface area contributed by atoms with Gasteiger partial charge in [-0.2, -0.15) is 0 Å². The van der Waals surface area contributed by atoms with Gasteiger partial charge in [0.05, 0.1) is 25.9 Å². The topological polar surface area (TPSA) is 67.9 Å². The number of methoxy groups -OCH3 is 1. The van der Waals surface area contributed by atoms with Gasteiger partial charge in [0.2, 0.25) is 5.91 Å². The smallest absolute Gasteiger partial charge is 0.257 e. The van der Waals surface area contributed by atoms with Crippen molar-refractivity contribution in [2.24, 2.45) is 0 Å². The monoisotopic (exact) mass is 278 g/mol. The van der Waals surface area contributed by atoms with Gasteiger partial charge in [-0.25, -0.2) is 0 Å². The van der Waals surface area contributed by atoms with E-state index in [9.17, 15) is 9.59 Å². The number of nitrogens with zero attached hydrogens (tertiary/aromatic N) is 1. The average molecular weight is 278 g/mol. The van der Waals surface area contributed by atoms with Crippen LogP contribution in [-0.2, 0) is 9.53 Å². The first kappa shape index (κ1) is 14.3. The van der Waals surface area contributed by atoms with Crippen LogP contribution in [-0.4, -0.2) is 50.1 Å². The highest BCUT2D eigenvalue weighted by molar-refractivity contribution is 5.99. The van der Waals surface area contributed by atoms with E-state index in [1.54, 1.807) is 23.1 Å². The molecule has 2 rings (SSSR count). The number of rotatable bonds is 3. The Bertz CT molecular complexity index is 510. The van der Waals surface area contributed by atoms with E-state index in [1.807, 2.05) is 0 Å². The minimum atomic E-state index is -0.181. The van der Waals surface area contributed by atoms with E-state index >= 15 is 0 Å². The third-order valence-corrected chi connectivity index (χ3v) is 3.05. The lowest BCUT2D eigenvalue weighted by atomic mass is 10.1. The van der Waals surface area contributed by atoms with Gasteiger partial charge in [0.25, 0.3) is 5.91 Å². The second kappa shape index (κ2) is 6.38. The molecule has 0 radical (unpaired) electrons. The number of amides is 2. The first-order valence-corrected chi connectivity index (χ1v) is 6.44. The van der Waals surface area contributed by atoms with Crippen molar-refractivity contribution in [3.05, 3.63) is 23.8 Å². The Hall–Kier alpha value is -2.08. The molecule has 1 aliphatic heterocycles. The Morgan fingerprint density at radius 2 is 2.00 bits per heavy atom. The predicted octanol–water partition coefficient (Wildman–Crippen LogP) is 1.13. The molecule has 0 saturated carbocycles. The van der Waals surface area contributed by atoms with Crippen LogP contribution in [0.3, 0.4) is 0 Å². The third-order valence-electron chi connectivity index (χ3n) is 3.05. The fraction of sp³-hybridized carbons (Fsp3) is 0.429. The van der Waals surface area contributed by atoms with Crippen LogP contribution in [0.25, 0.3) is 0 Å². The minimum absolute atomic E-state index is 0.114. The number of anilines is 1. The second-order valence-corrected chi connectivity index (χ2v) is 4.50. The second-order valence-electron chi connectivity index (χ2n) is 4.50. The van der Waals surface area contributed by atoms with Crippen molar-refractivity contribution in [1.82, 2.24) is 4.90 Å². The van der Waals surface area contributed by atoms with E-state index in [4.69, 9.17) is 9.47 Å². The zero-order valence-corrected chi connectivity index (χ0v) is 11.6. The van der Waals surface area contributed by atoms with Gasteiger partial charge in [0.1, 0.15) is 5.75 Å². The fourth-order valence-corrected chi connectivity index (χ4v) is 2.09. The number of carbonyl (C=O) groups excluding carboxylic acids is 2.